The molecule has 3 heteroatoms. The Labute approximate surface area is 86.6 Å². The van der Waals surface area contributed by atoms with Gasteiger partial charge in [-0.25, -0.2) is 0 Å². The minimum atomic E-state index is 0.295. The van der Waals surface area contributed by atoms with E-state index in [0.29, 0.717) is 30.8 Å². The molecule has 2 atom stereocenters. The van der Waals surface area contributed by atoms with Gasteiger partial charge in [-0.3, -0.25) is 4.79 Å². The van der Waals surface area contributed by atoms with Gasteiger partial charge in [0.2, 0.25) is 5.91 Å². The molecular formula is C11H22N2O. The van der Waals surface area contributed by atoms with Crippen LogP contribution in [0.15, 0.2) is 0 Å². The normalized spacial score (nSPS) is 27.4. The number of amides is 1. The summed E-state index contributed by atoms with van der Waals surface area (Å²) in [5, 5.41) is 0. The summed E-state index contributed by atoms with van der Waals surface area (Å²) in [5.41, 5.74) is 5.62. The average Bonchev–Trinajstić information content (AvgIpc) is 2.45. The molecule has 82 valence electrons. The number of nitrogens with two attached hydrogens (primary N) is 1. The lowest BCUT2D eigenvalue weighted by Gasteiger charge is -2.24. The highest BCUT2D eigenvalue weighted by atomic mass is 16.2. The molecule has 0 aliphatic carbocycles. The first kappa shape index (κ1) is 11.5. The fourth-order valence-electron chi connectivity index (χ4n) is 2.13. The Kier molecular flexibility index (Phi) is 4.39. The van der Waals surface area contributed by atoms with Gasteiger partial charge in [0.1, 0.15) is 0 Å². The maximum absolute atomic E-state index is 11.6. The summed E-state index contributed by atoms with van der Waals surface area (Å²) in [5.74, 6) is 0.674. The van der Waals surface area contributed by atoms with E-state index in [1.807, 2.05) is 4.90 Å². The fraction of sp³-hybridized carbons (Fsp3) is 0.909. The second-order valence-electron chi connectivity index (χ2n) is 4.23. The first-order valence-corrected chi connectivity index (χ1v) is 5.70. The van der Waals surface area contributed by atoms with E-state index in [0.717, 1.165) is 13.0 Å². The Balaban J connectivity index is 2.40. The molecule has 1 fully saturated rings. The van der Waals surface area contributed by atoms with E-state index in [4.69, 9.17) is 5.73 Å². The number of likely N-dealkylation sites (tertiary alicyclic amines) is 1. The predicted octanol–water partition coefficient (Wildman–Crippen LogP) is 1.37. The van der Waals surface area contributed by atoms with Crippen LogP contribution >= 0.6 is 0 Å². The van der Waals surface area contributed by atoms with Crippen molar-refractivity contribution in [2.45, 2.75) is 45.6 Å². The second-order valence-corrected chi connectivity index (χ2v) is 4.23. The largest absolute Gasteiger partial charge is 0.340 e. The van der Waals surface area contributed by atoms with Crippen molar-refractivity contribution in [3.8, 4) is 0 Å². The van der Waals surface area contributed by atoms with E-state index in [-0.39, 0.29) is 0 Å². The van der Waals surface area contributed by atoms with Gasteiger partial charge in [-0.2, -0.15) is 0 Å². The van der Waals surface area contributed by atoms with Crippen LogP contribution < -0.4 is 5.73 Å². The lowest BCUT2D eigenvalue weighted by atomic mass is 10.0. The predicted molar refractivity (Wildman–Crippen MR) is 57.9 cm³/mol. The molecule has 0 spiro atoms. The number of hydrogen-bond acceptors (Lipinski definition) is 2. The van der Waals surface area contributed by atoms with Crippen molar-refractivity contribution in [3.63, 3.8) is 0 Å². The van der Waals surface area contributed by atoms with Crippen LogP contribution in [-0.4, -0.2) is 29.9 Å². The zero-order valence-electron chi connectivity index (χ0n) is 9.33. The highest BCUT2D eigenvalue weighted by Gasteiger charge is 2.34. The SMILES string of the molecule is CCCCCN1C(=O)CC(CN)C1C. The van der Waals surface area contributed by atoms with Crippen LogP contribution in [0, 0.1) is 5.92 Å². The molecule has 2 unspecified atom stereocenters. The number of rotatable bonds is 5. The highest BCUT2D eigenvalue weighted by molar-refractivity contribution is 5.79. The summed E-state index contributed by atoms with van der Waals surface area (Å²) in [7, 11) is 0. The number of carbonyl (C=O) groups excluding carboxylic acids is 1. The van der Waals surface area contributed by atoms with E-state index in [2.05, 4.69) is 13.8 Å². The molecule has 0 bridgehead atoms. The summed E-state index contributed by atoms with van der Waals surface area (Å²) in [6.07, 6.45) is 4.20. The summed E-state index contributed by atoms with van der Waals surface area (Å²) in [4.78, 5) is 13.6. The molecule has 0 aromatic heterocycles. The maximum Gasteiger partial charge on any atom is 0.223 e. The standard InChI is InChI=1S/C11H22N2O/c1-3-4-5-6-13-9(2)10(8-12)7-11(13)14/h9-10H,3-8,12H2,1-2H3. The van der Waals surface area contributed by atoms with E-state index < -0.39 is 0 Å². The molecule has 14 heavy (non-hydrogen) atoms. The van der Waals surface area contributed by atoms with E-state index >= 15 is 0 Å². The minimum absolute atomic E-state index is 0.295. The van der Waals surface area contributed by atoms with E-state index in [9.17, 15) is 4.79 Å². The van der Waals surface area contributed by atoms with Crippen LogP contribution in [0.5, 0.6) is 0 Å². The minimum Gasteiger partial charge on any atom is -0.340 e. The van der Waals surface area contributed by atoms with Crippen LogP contribution in [0.2, 0.25) is 0 Å². The maximum atomic E-state index is 11.6. The van der Waals surface area contributed by atoms with E-state index in [1.54, 1.807) is 0 Å². The molecule has 1 amide bonds. The zero-order chi connectivity index (χ0) is 10.6. The summed E-state index contributed by atoms with van der Waals surface area (Å²) >= 11 is 0. The van der Waals surface area contributed by atoms with Gasteiger partial charge in [0, 0.05) is 24.9 Å². The van der Waals surface area contributed by atoms with Crippen molar-refractivity contribution in [2.75, 3.05) is 13.1 Å². The number of unbranched alkanes of at least 4 members (excludes halogenated alkanes) is 2. The fourth-order valence-corrected chi connectivity index (χ4v) is 2.13. The average molecular weight is 198 g/mol. The van der Waals surface area contributed by atoms with Crippen molar-refractivity contribution in [1.82, 2.24) is 4.90 Å². The monoisotopic (exact) mass is 198 g/mol. The van der Waals surface area contributed by atoms with Crippen LogP contribution in [0.4, 0.5) is 0 Å². The van der Waals surface area contributed by atoms with Gasteiger partial charge in [-0.15, -0.1) is 0 Å². The molecule has 1 aliphatic heterocycles. The van der Waals surface area contributed by atoms with Gasteiger partial charge in [-0.05, 0) is 19.9 Å². The van der Waals surface area contributed by atoms with Gasteiger partial charge >= 0.3 is 0 Å². The molecule has 2 N–H and O–H groups in total. The third-order valence-electron chi connectivity index (χ3n) is 3.24. The van der Waals surface area contributed by atoms with E-state index in [1.165, 1.54) is 12.8 Å². The Morgan fingerprint density at radius 1 is 1.50 bits per heavy atom. The molecule has 3 nitrogen and oxygen atoms in total. The second kappa shape index (κ2) is 5.35. The molecule has 0 aromatic carbocycles. The Hall–Kier alpha value is -0.570. The summed E-state index contributed by atoms with van der Waals surface area (Å²) in [6, 6.07) is 0.351. The molecule has 1 heterocycles. The van der Waals surface area contributed by atoms with Gasteiger partial charge < -0.3 is 10.6 Å². The van der Waals surface area contributed by atoms with Crippen LogP contribution in [0.1, 0.15) is 39.5 Å². The van der Waals surface area contributed by atoms with Gasteiger partial charge in [0.05, 0.1) is 0 Å². The van der Waals surface area contributed by atoms with Crippen molar-refractivity contribution < 1.29 is 4.79 Å². The molecular weight excluding hydrogens is 176 g/mol. The Morgan fingerprint density at radius 3 is 2.71 bits per heavy atom. The topological polar surface area (TPSA) is 46.3 Å². The Bertz CT molecular complexity index is 194. The third kappa shape index (κ3) is 2.47. The third-order valence-corrected chi connectivity index (χ3v) is 3.24. The lowest BCUT2D eigenvalue weighted by molar-refractivity contribution is -0.128. The summed E-state index contributed by atoms with van der Waals surface area (Å²) in [6.45, 7) is 5.85. The molecule has 0 saturated carbocycles. The summed E-state index contributed by atoms with van der Waals surface area (Å²) < 4.78 is 0. The lowest BCUT2D eigenvalue weighted by Crippen LogP contribution is -2.35. The van der Waals surface area contributed by atoms with Crippen molar-refractivity contribution in [3.05, 3.63) is 0 Å². The van der Waals surface area contributed by atoms with Crippen LogP contribution in [-0.2, 0) is 4.79 Å². The zero-order valence-corrected chi connectivity index (χ0v) is 9.33. The van der Waals surface area contributed by atoms with Crippen molar-refractivity contribution in [2.24, 2.45) is 11.7 Å². The van der Waals surface area contributed by atoms with Gasteiger partial charge in [0.25, 0.3) is 0 Å². The Morgan fingerprint density at radius 2 is 2.21 bits per heavy atom. The van der Waals surface area contributed by atoms with Gasteiger partial charge in [0.15, 0.2) is 0 Å². The highest BCUT2D eigenvalue weighted by Crippen LogP contribution is 2.24. The quantitative estimate of drug-likeness (QED) is 0.678. The van der Waals surface area contributed by atoms with Crippen molar-refractivity contribution in [1.29, 1.82) is 0 Å². The van der Waals surface area contributed by atoms with Crippen molar-refractivity contribution >= 4 is 5.91 Å². The van der Waals surface area contributed by atoms with Crippen LogP contribution in [0.25, 0.3) is 0 Å². The number of nitrogens with zero attached hydrogens (tertiary/aromatic N) is 1. The number of hydrogen-bond donors (Lipinski definition) is 1. The molecule has 0 radical (unpaired) electrons. The molecule has 1 saturated heterocycles. The van der Waals surface area contributed by atoms with Crippen LogP contribution in [0.3, 0.4) is 0 Å². The molecule has 1 rings (SSSR count). The first-order chi connectivity index (χ1) is 6.70. The smallest absolute Gasteiger partial charge is 0.223 e. The van der Waals surface area contributed by atoms with Gasteiger partial charge in [-0.1, -0.05) is 19.8 Å². The first-order valence-electron chi connectivity index (χ1n) is 5.70. The number of carbonyl (C=O) groups is 1. The molecule has 0 aromatic rings. The molecule has 1 aliphatic rings.